The second-order valence-corrected chi connectivity index (χ2v) is 9.50. The molecule has 2 aromatic rings. The number of hydrogen-bond acceptors (Lipinski definition) is 5. The van der Waals surface area contributed by atoms with Crippen molar-refractivity contribution in [3.8, 4) is 0 Å². The fraction of sp³-hybridized carbons (Fsp3) is 0.364. The lowest BCUT2D eigenvalue weighted by molar-refractivity contribution is -0.127. The largest absolute Gasteiger partial charge is 0.368 e. The maximum absolute atomic E-state index is 13.0. The Morgan fingerprint density at radius 2 is 1.90 bits per heavy atom. The second-order valence-electron chi connectivity index (χ2n) is 7.85. The van der Waals surface area contributed by atoms with Crippen molar-refractivity contribution in [3.63, 3.8) is 0 Å². The molecule has 0 aliphatic carbocycles. The minimum absolute atomic E-state index is 0.0688. The number of ether oxygens (including phenoxy) is 1. The van der Waals surface area contributed by atoms with Crippen LogP contribution in [0.4, 0.5) is 17.1 Å². The monoisotopic (exact) mass is 443 g/mol. The van der Waals surface area contributed by atoms with Gasteiger partial charge in [-0.15, -0.1) is 0 Å². The zero-order valence-electron chi connectivity index (χ0n) is 17.5. The summed E-state index contributed by atoms with van der Waals surface area (Å²) >= 11 is 0. The average molecular weight is 444 g/mol. The number of nitrogens with one attached hydrogen (secondary N) is 2. The van der Waals surface area contributed by atoms with Gasteiger partial charge >= 0.3 is 0 Å². The average Bonchev–Trinajstić information content (AvgIpc) is 3.36. The van der Waals surface area contributed by atoms with Crippen LogP contribution in [0.5, 0.6) is 0 Å². The van der Waals surface area contributed by atoms with Gasteiger partial charge in [-0.05, 0) is 67.6 Å². The molecule has 0 saturated carbocycles. The maximum Gasteiger partial charge on any atom is 0.262 e. The van der Waals surface area contributed by atoms with Crippen LogP contribution in [0.1, 0.15) is 30.9 Å². The number of fused-ring (bicyclic) bond motifs is 1. The van der Waals surface area contributed by atoms with E-state index in [0.717, 1.165) is 24.1 Å². The Balaban J connectivity index is 1.57. The van der Waals surface area contributed by atoms with Crippen molar-refractivity contribution in [1.29, 1.82) is 0 Å². The minimum Gasteiger partial charge on any atom is -0.368 e. The summed E-state index contributed by atoms with van der Waals surface area (Å²) in [6, 6.07) is 9.88. The first-order valence-electron chi connectivity index (χ1n) is 10.2. The van der Waals surface area contributed by atoms with Crippen molar-refractivity contribution in [1.82, 2.24) is 0 Å². The SMILES string of the molecule is CC(=O)Nc1ccc(S(=O)(=O)Nc2ccc3c(c2)N(C(=O)C2CCCO2)CC3)c(C)c1. The smallest absolute Gasteiger partial charge is 0.262 e. The van der Waals surface area contributed by atoms with Gasteiger partial charge in [0.1, 0.15) is 6.10 Å². The third-order valence-corrected chi connectivity index (χ3v) is 7.03. The maximum atomic E-state index is 13.0. The molecule has 1 saturated heterocycles. The van der Waals surface area contributed by atoms with Gasteiger partial charge < -0.3 is 15.0 Å². The lowest BCUT2D eigenvalue weighted by Gasteiger charge is -2.21. The second kappa shape index (κ2) is 8.32. The number of rotatable bonds is 5. The van der Waals surface area contributed by atoms with E-state index < -0.39 is 16.1 Å². The standard InChI is InChI=1S/C22H25N3O5S/c1-14-12-17(23-15(2)26)7-8-21(14)31(28,29)24-18-6-5-16-9-10-25(19(16)13-18)22(27)20-4-3-11-30-20/h5-8,12-13,20,24H,3-4,9-11H2,1-2H3,(H,23,26). The summed E-state index contributed by atoms with van der Waals surface area (Å²) in [6.45, 7) is 4.22. The van der Waals surface area contributed by atoms with Crippen molar-refractivity contribution in [2.45, 2.75) is 44.1 Å². The first-order chi connectivity index (χ1) is 14.7. The molecule has 2 aromatic carbocycles. The number of benzene rings is 2. The number of hydrogen-bond donors (Lipinski definition) is 2. The molecule has 31 heavy (non-hydrogen) atoms. The van der Waals surface area contributed by atoms with Gasteiger partial charge in [0.15, 0.2) is 0 Å². The van der Waals surface area contributed by atoms with E-state index in [9.17, 15) is 18.0 Å². The van der Waals surface area contributed by atoms with Gasteiger partial charge in [0.05, 0.1) is 10.6 Å². The number of anilines is 3. The molecule has 0 spiro atoms. The fourth-order valence-corrected chi connectivity index (χ4v) is 5.34. The predicted molar refractivity (Wildman–Crippen MR) is 118 cm³/mol. The number of carbonyl (C=O) groups is 2. The quantitative estimate of drug-likeness (QED) is 0.739. The van der Waals surface area contributed by atoms with Crippen LogP contribution in [0.3, 0.4) is 0 Å². The topological polar surface area (TPSA) is 105 Å². The molecule has 0 aromatic heterocycles. The van der Waals surface area contributed by atoms with E-state index in [-0.39, 0.29) is 16.7 Å². The van der Waals surface area contributed by atoms with Crippen molar-refractivity contribution in [2.75, 3.05) is 28.1 Å². The van der Waals surface area contributed by atoms with Crippen LogP contribution in [0, 0.1) is 6.92 Å². The van der Waals surface area contributed by atoms with Gasteiger partial charge in [-0.2, -0.15) is 0 Å². The first-order valence-corrected chi connectivity index (χ1v) is 11.7. The Morgan fingerprint density at radius 3 is 2.58 bits per heavy atom. The number of carbonyl (C=O) groups excluding carboxylic acids is 2. The molecule has 1 unspecified atom stereocenters. The summed E-state index contributed by atoms with van der Waals surface area (Å²) in [5.41, 5.74) is 3.15. The van der Waals surface area contributed by atoms with Crippen LogP contribution < -0.4 is 14.9 Å². The van der Waals surface area contributed by atoms with E-state index in [1.807, 2.05) is 6.07 Å². The lowest BCUT2D eigenvalue weighted by Crippen LogP contribution is -2.37. The summed E-state index contributed by atoms with van der Waals surface area (Å²) < 4.78 is 34.1. The number of amides is 2. The fourth-order valence-electron chi connectivity index (χ4n) is 4.06. The van der Waals surface area contributed by atoms with Gasteiger partial charge in [0, 0.05) is 31.5 Å². The van der Waals surface area contributed by atoms with Gasteiger partial charge in [-0.25, -0.2) is 8.42 Å². The highest BCUT2D eigenvalue weighted by molar-refractivity contribution is 7.92. The van der Waals surface area contributed by atoms with E-state index in [2.05, 4.69) is 10.0 Å². The normalized spacial score (nSPS) is 18.0. The van der Waals surface area contributed by atoms with Gasteiger partial charge in [-0.3, -0.25) is 14.3 Å². The summed E-state index contributed by atoms with van der Waals surface area (Å²) in [5.74, 6) is -0.297. The third kappa shape index (κ3) is 4.42. The van der Waals surface area contributed by atoms with Crippen molar-refractivity contribution < 1.29 is 22.7 Å². The molecule has 0 radical (unpaired) electrons. The molecule has 1 fully saturated rings. The Bertz CT molecular complexity index is 1140. The van der Waals surface area contributed by atoms with Crippen LogP contribution in [-0.4, -0.2) is 39.5 Å². The first kappa shape index (κ1) is 21.3. The van der Waals surface area contributed by atoms with Gasteiger partial charge in [-0.1, -0.05) is 6.07 Å². The molecule has 2 aliphatic heterocycles. The summed E-state index contributed by atoms with van der Waals surface area (Å²) in [5, 5.41) is 2.64. The Hall–Kier alpha value is -2.91. The highest BCUT2D eigenvalue weighted by Crippen LogP contribution is 2.33. The number of aryl methyl sites for hydroxylation is 1. The molecule has 4 rings (SSSR count). The van der Waals surface area contributed by atoms with Gasteiger partial charge in [0.25, 0.3) is 15.9 Å². The number of sulfonamides is 1. The summed E-state index contributed by atoms with van der Waals surface area (Å²) in [6.07, 6.45) is 1.89. The molecule has 0 bridgehead atoms. The van der Waals surface area contributed by atoms with Crippen LogP contribution >= 0.6 is 0 Å². The molecule has 9 heteroatoms. The molecule has 8 nitrogen and oxygen atoms in total. The highest BCUT2D eigenvalue weighted by atomic mass is 32.2. The Morgan fingerprint density at radius 1 is 1.13 bits per heavy atom. The highest BCUT2D eigenvalue weighted by Gasteiger charge is 2.33. The van der Waals surface area contributed by atoms with Crippen LogP contribution in [0.25, 0.3) is 0 Å². The molecular weight excluding hydrogens is 418 g/mol. The van der Waals surface area contributed by atoms with E-state index in [1.165, 1.54) is 13.0 Å². The van der Waals surface area contributed by atoms with E-state index >= 15 is 0 Å². The molecular formula is C22H25N3O5S. The molecule has 2 aliphatic rings. The zero-order chi connectivity index (χ0) is 22.2. The molecule has 2 amide bonds. The summed E-state index contributed by atoms with van der Waals surface area (Å²) in [7, 11) is -3.85. The van der Waals surface area contributed by atoms with Crippen molar-refractivity contribution in [3.05, 3.63) is 47.5 Å². The summed E-state index contributed by atoms with van der Waals surface area (Å²) in [4.78, 5) is 25.8. The van der Waals surface area contributed by atoms with E-state index in [4.69, 9.17) is 4.74 Å². The number of nitrogens with zero attached hydrogens (tertiary/aromatic N) is 1. The van der Waals surface area contributed by atoms with E-state index in [1.54, 1.807) is 36.1 Å². The van der Waals surface area contributed by atoms with Crippen molar-refractivity contribution in [2.24, 2.45) is 0 Å². The minimum atomic E-state index is -3.85. The zero-order valence-corrected chi connectivity index (χ0v) is 18.3. The molecule has 164 valence electrons. The lowest BCUT2D eigenvalue weighted by atomic mass is 10.1. The van der Waals surface area contributed by atoms with Crippen molar-refractivity contribution >= 4 is 38.9 Å². The van der Waals surface area contributed by atoms with Gasteiger partial charge in [0.2, 0.25) is 5.91 Å². The van der Waals surface area contributed by atoms with Crippen LogP contribution in [0.2, 0.25) is 0 Å². The van der Waals surface area contributed by atoms with E-state index in [0.29, 0.717) is 36.5 Å². The Labute approximate surface area is 181 Å². The predicted octanol–water partition coefficient (Wildman–Crippen LogP) is 2.82. The van der Waals surface area contributed by atoms with Crippen LogP contribution in [0.15, 0.2) is 41.3 Å². The molecule has 2 heterocycles. The third-order valence-electron chi connectivity index (χ3n) is 5.49. The molecule has 1 atom stereocenters. The van der Waals surface area contributed by atoms with Crippen LogP contribution in [-0.2, 0) is 30.8 Å². The Kier molecular flexibility index (Phi) is 5.72. The molecule has 2 N–H and O–H groups in total.